The molecule has 2 aliphatic heterocycles. The van der Waals surface area contributed by atoms with Crippen LogP contribution in [-0.2, 0) is 14.3 Å². The maximum atomic E-state index is 12.5. The van der Waals surface area contributed by atoms with Gasteiger partial charge in [-0.25, -0.2) is 0 Å². The SMILES string of the molecule is CCC(OC1CCCOC1)N1CC(c2ccc(Cl)c(Cl)c2)CCC1=O. The third-order valence-electron chi connectivity index (χ3n) is 5.02. The van der Waals surface area contributed by atoms with Crippen LogP contribution in [0.2, 0.25) is 10.0 Å². The van der Waals surface area contributed by atoms with Crippen molar-refractivity contribution in [2.24, 2.45) is 0 Å². The zero-order valence-electron chi connectivity index (χ0n) is 14.5. The largest absolute Gasteiger partial charge is 0.379 e. The van der Waals surface area contributed by atoms with Crippen molar-refractivity contribution in [2.45, 2.75) is 57.3 Å². The van der Waals surface area contributed by atoms with Crippen LogP contribution in [-0.4, -0.2) is 42.9 Å². The van der Waals surface area contributed by atoms with Gasteiger partial charge in [-0.2, -0.15) is 0 Å². The fourth-order valence-corrected chi connectivity index (χ4v) is 3.93. The van der Waals surface area contributed by atoms with Gasteiger partial charge in [-0.15, -0.1) is 0 Å². The highest BCUT2D eigenvalue weighted by Gasteiger charge is 2.33. The molecule has 3 unspecified atom stereocenters. The van der Waals surface area contributed by atoms with Crippen LogP contribution >= 0.6 is 23.2 Å². The van der Waals surface area contributed by atoms with Gasteiger partial charge in [0.05, 0.1) is 22.8 Å². The minimum atomic E-state index is -0.190. The van der Waals surface area contributed by atoms with Crippen molar-refractivity contribution in [3.05, 3.63) is 33.8 Å². The van der Waals surface area contributed by atoms with E-state index in [1.165, 1.54) is 0 Å². The summed E-state index contributed by atoms with van der Waals surface area (Å²) in [6, 6.07) is 5.75. The molecule has 0 spiro atoms. The van der Waals surface area contributed by atoms with Crippen molar-refractivity contribution in [1.29, 1.82) is 0 Å². The van der Waals surface area contributed by atoms with Crippen LogP contribution in [0.3, 0.4) is 0 Å². The van der Waals surface area contributed by atoms with E-state index in [9.17, 15) is 4.79 Å². The normalized spacial score (nSPS) is 25.9. The molecule has 0 radical (unpaired) electrons. The lowest BCUT2D eigenvalue weighted by atomic mass is 9.90. The highest BCUT2D eigenvalue weighted by Crippen LogP contribution is 2.33. The molecule has 2 aliphatic rings. The van der Waals surface area contributed by atoms with Gasteiger partial charge < -0.3 is 14.4 Å². The molecule has 1 aromatic carbocycles. The third kappa shape index (κ3) is 4.68. The second-order valence-electron chi connectivity index (χ2n) is 6.79. The Morgan fingerprint density at radius 3 is 2.84 bits per heavy atom. The average Bonchev–Trinajstić information content (AvgIpc) is 2.63. The summed E-state index contributed by atoms with van der Waals surface area (Å²) in [6.45, 7) is 4.14. The van der Waals surface area contributed by atoms with E-state index in [4.69, 9.17) is 32.7 Å². The molecule has 4 nitrogen and oxygen atoms in total. The number of nitrogens with zero attached hydrogens (tertiary/aromatic N) is 1. The molecule has 1 amide bonds. The number of amides is 1. The maximum Gasteiger partial charge on any atom is 0.224 e. The molecule has 2 saturated heterocycles. The lowest BCUT2D eigenvalue weighted by Gasteiger charge is -2.40. The Morgan fingerprint density at radius 2 is 2.16 bits per heavy atom. The van der Waals surface area contributed by atoms with Gasteiger partial charge in [0.15, 0.2) is 0 Å². The topological polar surface area (TPSA) is 38.8 Å². The molecule has 1 aromatic rings. The Hall–Kier alpha value is -0.810. The smallest absolute Gasteiger partial charge is 0.224 e. The van der Waals surface area contributed by atoms with E-state index in [0.29, 0.717) is 29.6 Å². The fourth-order valence-electron chi connectivity index (χ4n) is 3.62. The number of ether oxygens (including phenoxy) is 2. The minimum absolute atomic E-state index is 0.0804. The predicted octanol–water partition coefficient (Wildman–Crippen LogP) is 4.63. The number of likely N-dealkylation sites (tertiary alicyclic amines) is 1. The van der Waals surface area contributed by atoms with Gasteiger partial charge >= 0.3 is 0 Å². The lowest BCUT2D eigenvalue weighted by molar-refractivity contribution is -0.167. The van der Waals surface area contributed by atoms with Gasteiger partial charge in [0.1, 0.15) is 6.23 Å². The van der Waals surface area contributed by atoms with E-state index in [-0.39, 0.29) is 24.2 Å². The van der Waals surface area contributed by atoms with Gasteiger partial charge in [-0.05, 0) is 43.4 Å². The van der Waals surface area contributed by atoms with Crippen molar-refractivity contribution in [2.75, 3.05) is 19.8 Å². The van der Waals surface area contributed by atoms with Crippen LogP contribution in [0.15, 0.2) is 18.2 Å². The van der Waals surface area contributed by atoms with Crippen LogP contribution in [0, 0.1) is 0 Å². The molecule has 0 bridgehead atoms. The maximum absolute atomic E-state index is 12.5. The molecule has 0 aliphatic carbocycles. The van der Waals surface area contributed by atoms with Crippen molar-refractivity contribution in [1.82, 2.24) is 4.90 Å². The molecule has 0 aromatic heterocycles. The van der Waals surface area contributed by atoms with Crippen molar-refractivity contribution in [3.8, 4) is 0 Å². The number of hydrogen-bond acceptors (Lipinski definition) is 3. The molecule has 2 heterocycles. The summed E-state index contributed by atoms with van der Waals surface area (Å²) in [5.74, 6) is 0.424. The molecule has 0 N–H and O–H groups in total. The molecule has 3 atom stereocenters. The first-order valence-electron chi connectivity index (χ1n) is 9.06. The van der Waals surface area contributed by atoms with E-state index >= 15 is 0 Å². The molecule has 2 fully saturated rings. The zero-order valence-corrected chi connectivity index (χ0v) is 16.1. The van der Waals surface area contributed by atoms with Crippen LogP contribution in [0.25, 0.3) is 0 Å². The summed E-state index contributed by atoms with van der Waals surface area (Å²) < 4.78 is 11.7. The van der Waals surface area contributed by atoms with Gasteiger partial charge in [0, 0.05) is 25.5 Å². The number of hydrogen-bond donors (Lipinski definition) is 0. The number of piperidine rings is 1. The molecule has 6 heteroatoms. The van der Waals surface area contributed by atoms with Crippen LogP contribution in [0.5, 0.6) is 0 Å². The van der Waals surface area contributed by atoms with E-state index in [0.717, 1.165) is 37.9 Å². The van der Waals surface area contributed by atoms with Crippen LogP contribution < -0.4 is 0 Å². The first kappa shape index (κ1) is 19.0. The first-order valence-corrected chi connectivity index (χ1v) is 9.81. The molecule has 0 saturated carbocycles. The van der Waals surface area contributed by atoms with E-state index in [1.807, 2.05) is 23.1 Å². The third-order valence-corrected chi connectivity index (χ3v) is 5.76. The second-order valence-corrected chi connectivity index (χ2v) is 7.61. The number of rotatable bonds is 5. The predicted molar refractivity (Wildman–Crippen MR) is 99.2 cm³/mol. The standard InChI is InChI=1S/C19H25Cl2NO3/c1-2-19(25-15-4-3-9-24-12-15)22-11-14(6-8-18(22)23)13-5-7-16(20)17(21)10-13/h5,7,10,14-15,19H,2-4,6,8-9,11-12H2,1H3. The molecule has 3 rings (SSSR count). The minimum Gasteiger partial charge on any atom is -0.379 e. The van der Waals surface area contributed by atoms with Gasteiger partial charge in [0.2, 0.25) is 5.91 Å². The number of benzene rings is 1. The highest BCUT2D eigenvalue weighted by atomic mass is 35.5. The number of carbonyl (C=O) groups is 1. The van der Waals surface area contributed by atoms with Gasteiger partial charge in [0.25, 0.3) is 0 Å². The van der Waals surface area contributed by atoms with E-state index < -0.39 is 0 Å². The summed E-state index contributed by atoms with van der Waals surface area (Å²) in [5, 5.41) is 1.12. The van der Waals surface area contributed by atoms with E-state index in [1.54, 1.807) is 0 Å². The summed E-state index contributed by atoms with van der Waals surface area (Å²) in [5.41, 5.74) is 1.13. The highest BCUT2D eigenvalue weighted by molar-refractivity contribution is 6.42. The summed E-state index contributed by atoms with van der Waals surface area (Å²) >= 11 is 12.2. The molecular weight excluding hydrogens is 361 g/mol. The van der Waals surface area contributed by atoms with Crippen molar-refractivity contribution in [3.63, 3.8) is 0 Å². The van der Waals surface area contributed by atoms with E-state index in [2.05, 4.69) is 6.92 Å². The summed E-state index contributed by atoms with van der Waals surface area (Å²) in [4.78, 5) is 14.4. The molecule has 138 valence electrons. The Balaban J connectivity index is 1.69. The molecular formula is C19H25Cl2NO3. The van der Waals surface area contributed by atoms with Crippen LogP contribution in [0.4, 0.5) is 0 Å². The second kappa shape index (κ2) is 8.72. The summed E-state index contributed by atoms with van der Waals surface area (Å²) in [6.07, 6.45) is 4.04. The Morgan fingerprint density at radius 1 is 1.32 bits per heavy atom. The van der Waals surface area contributed by atoms with Crippen molar-refractivity contribution < 1.29 is 14.3 Å². The molecule has 25 heavy (non-hydrogen) atoms. The monoisotopic (exact) mass is 385 g/mol. The van der Waals surface area contributed by atoms with Gasteiger partial charge in [-0.1, -0.05) is 36.2 Å². The lowest BCUT2D eigenvalue weighted by Crippen LogP contribution is -2.48. The average molecular weight is 386 g/mol. The van der Waals surface area contributed by atoms with Crippen molar-refractivity contribution >= 4 is 29.1 Å². The van der Waals surface area contributed by atoms with Crippen LogP contribution in [0.1, 0.15) is 50.5 Å². The first-order chi connectivity index (χ1) is 12.1. The fraction of sp³-hybridized carbons (Fsp3) is 0.632. The summed E-state index contributed by atoms with van der Waals surface area (Å²) in [7, 11) is 0. The quantitative estimate of drug-likeness (QED) is 0.741. The number of halogens is 2. The number of carbonyl (C=O) groups excluding carboxylic acids is 1. The Labute approximate surface area is 159 Å². The Kier molecular flexibility index (Phi) is 6.61. The van der Waals surface area contributed by atoms with Gasteiger partial charge in [-0.3, -0.25) is 4.79 Å². The zero-order chi connectivity index (χ0) is 17.8. The Bertz CT molecular complexity index is 604.